The number of halogens is 2. The fraction of sp³-hybridized carbons (Fsp3) is 0.200. The molecular weight excluding hydrogens is 509 g/mol. The minimum Gasteiger partial charge on any atom is -0.441 e. The van der Waals surface area contributed by atoms with Gasteiger partial charge in [0.2, 0.25) is 0 Å². The quantitative estimate of drug-likeness (QED) is 0.258. The normalized spacial score (nSPS) is 14.6. The van der Waals surface area contributed by atoms with E-state index in [9.17, 15) is 14.0 Å². The fourth-order valence-electron chi connectivity index (χ4n) is 4.53. The van der Waals surface area contributed by atoms with Crippen molar-refractivity contribution in [3.63, 3.8) is 0 Å². The highest BCUT2D eigenvalue weighted by atomic mass is 35.5. The van der Waals surface area contributed by atoms with E-state index in [2.05, 4.69) is 29.6 Å². The number of anilines is 1. The van der Waals surface area contributed by atoms with Crippen LogP contribution in [-0.2, 0) is 14.9 Å². The van der Waals surface area contributed by atoms with E-state index in [0.717, 1.165) is 40.0 Å². The minimum absolute atomic E-state index is 0.234. The second-order valence-electron chi connectivity index (χ2n) is 9.31. The number of carbonyl (C=O) groups excluding carboxylic acids is 2. The number of hydrogen-bond acceptors (Lipinski definition) is 4. The van der Waals surface area contributed by atoms with Crippen molar-refractivity contribution in [3.8, 4) is 21.6 Å². The maximum absolute atomic E-state index is 13.2. The van der Waals surface area contributed by atoms with E-state index in [1.54, 1.807) is 32.0 Å². The molecule has 1 atom stereocenters. The first-order valence-corrected chi connectivity index (χ1v) is 13.2. The van der Waals surface area contributed by atoms with Gasteiger partial charge in [0.25, 0.3) is 0 Å². The van der Waals surface area contributed by atoms with Gasteiger partial charge in [-0.05, 0) is 72.7 Å². The molecule has 1 aromatic heterocycles. The van der Waals surface area contributed by atoms with E-state index in [1.807, 2.05) is 24.3 Å². The average molecular weight is 534 g/mol. The minimum atomic E-state index is -0.622. The number of ether oxygens (including phenoxy) is 1. The van der Waals surface area contributed by atoms with Crippen molar-refractivity contribution in [1.29, 1.82) is 0 Å². The molecule has 1 heterocycles. The van der Waals surface area contributed by atoms with E-state index in [4.69, 9.17) is 16.3 Å². The Morgan fingerprint density at radius 3 is 2.08 bits per heavy atom. The van der Waals surface area contributed by atoms with Gasteiger partial charge in [0.1, 0.15) is 17.7 Å². The second-order valence-corrected chi connectivity index (χ2v) is 11.0. The van der Waals surface area contributed by atoms with Crippen LogP contribution >= 0.6 is 22.9 Å². The highest BCUT2D eigenvalue weighted by molar-refractivity contribution is 7.20. The molecule has 37 heavy (non-hydrogen) atoms. The number of Topliss-reactive ketones (excluding diaryl/α,β-unsaturated/α-hetero) is 1. The lowest BCUT2D eigenvalue weighted by molar-refractivity contribution is -0.119. The van der Waals surface area contributed by atoms with Crippen LogP contribution in [0.2, 0.25) is 4.34 Å². The van der Waals surface area contributed by atoms with Crippen molar-refractivity contribution in [3.05, 3.63) is 100 Å². The number of ketones is 1. The molecule has 1 fully saturated rings. The molecule has 1 amide bonds. The molecular formula is C30H25ClFNO3S. The highest BCUT2D eigenvalue weighted by Crippen LogP contribution is 2.49. The Balaban J connectivity index is 1.29. The van der Waals surface area contributed by atoms with Crippen LogP contribution in [0.4, 0.5) is 14.9 Å². The van der Waals surface area contributed by atoms with Gasteiger partial charge in [-0.3, -0.25) is 10.1 Å². The molecule has 1 aliphatic carbocycles. The van der Waals surface area contributed by atoms with E-state index >= 15 is 0 Å². The Morgan fingerprint density at radius 1 is 0.946 bits per heavy atom. The molecule has 0 unspecified atom stereocenters. The van der Waals surface area contributed by atoms with Crippen LogP contribution in [0.15, 0.2) is 78.9 Å². The highest BCUT2D eigenvalue weighted by Gasteiger charge is 2.48. The van der Waals surface area contributed by atoms with Gasteiger partial charge in [-0.1, -0.05) is 72.3 Å². The number of hydrogen-bond donors (Lipinski definition) is 1. The molecule has 4 nitrogen and oxygen atoms in total. The molecule has 1 N–H and O–H groups in total. The van der Waals surface area contributed by atoms with Gasteiger partial charge in [-0.15, -0.1) is 11.3 Å². The number of benzene rings is 3. The number of rotatable bonds is 7. The summed E-state index contributed by atoms with van der Waals surface area (Å²) in [4.78, 5) is 25.4. The number of carbonyl (C=O) groups is 2. The third-order valence-electron chi connectivity index (χ3n) is 6.90. The summed E-state index contributed by atoms with van der Waals surface area (Å²) in [7, 11) is 0. The fourth-order valence-corrected chi connectivity index (χ4v) is 5.72. The number of amides is 1. The number of nitrogens with one attached hydrogen (secondary N) is 1. The summed E-state index contributed by atoms with van der Waals surface area (Å²) in [6, 6.07) is 23.8. The predicted octanol–water partition coefficient (Wildman–Crippen LogP) is 8.80. The summed E-state index contributed by atoms with van der Waals surface area (Å²) in [5, 5.41) is 2.79. The first-order chi connectivity index (χ1) is 17.7. The Kier molecular flexibility index (Phi) is 6.88. The van der Waals surface area contributed by atoms with Gasteiger partial charge < -0.3 is 4.74 Å². The zero-order valence-corrected chi connectivity index (χ0v) is 22.0. The van der Waals surface area contributed by atoms with E-state index in [0.29, 0.717) is 15.6 Å². The van der Waals surface area contributed by atoms with Crippen LogP contribution in [0.5, 0.6) is 0 Å². The Hall–Kier alpha value is -3.48. The van der Waals surface area contributed by atoms with E-state index < -0.39 is 12.2 Å². The summed E-state index contributed by atoms with van der Waals surface area (Å²) in [5.74, 6) is -0.113. The van der Waals surface area contributed by atoms with Gasteiger partial charge in [0.15, 0.2) is 0 Å². The van der Waals surface area contributed by atoms with Crippen molar-refractivity contribution < 1.29 is 18.7 Å². The first kappa shape index (κ1) is 25.2. The molecule has 0 spiro atoms. The molecule has 4 aromatic rings. The van der Waals surface area contributed by atoms with Crippen molar-refractivity contribution >= 4 is 40.5 Å². The molecule has 5 rings (SSSR count). The molecule has 1 aliphatic rings. The third-order valence-corrected chi connectivity index (χ3v) is 8.22. The monoisotopic (exact) mass is 533 g/mol. The molecule has 0 aliphatic heterocycles. The summed E-state index contributed by atoms with van der Waals surface area (Å²) in [5.41, 5.74) is 5.09. The van der Waals surface area contributed by atoms with Crippen molar-refractivity contribution in [2.45, 2.75) is 38.2 Å². The van der Waals surface area contributed by atoms with Crippen molar-refractivity contribution in [2.24, 2.45) is 0 Å². The van der Waals surface area contributed by atoms with Gasteiger partial charge >= 0.3 is 6.09 Å². The first-order valence-electron chi connectivity index (χ1n) is 12.0. The molecule has 0 saturated heterocycles. The van der Waals surface area contributed by atoms with Crippen LogP contribution in [0.1, 0.15) is 43.9 Å². The second kappa shape index (κ2) is 10.1. The largest absolute Gasteiger partial charge is 0.441 e. The summed E-state index contributed by atoms with van der Waals surface area (Å²) in [6.45, 7) is 3.40. The summed E-state index contributed by atoms with van der Waals surface area (Å²) < 4.78 is 19.2. The smallest absolute Gasteiger partial charge is 0.412 e. The lowest BCUT2D eigenvalue weighted by Gasteiger charge is -2.14. The van der Waals surface area contributed by atoms with Crippen molar-refractivity contribution in [1.82, 2.24) is 0 Å². The van der Waals surface area contributed by atoms with Crippen LogP contribution in [0.25, 0.3) is 21.6 Å². The van der Waals surface area contributed by atoms with Crippen LogP contribution in [-0.4, -0.2) is 11.9 Å². The Morgan fingerprint density at radius 2 is 1.51 bits per heavy atom. The lowest BCUT2D eigenvalue weighted by Crippen LogP contribution is -2.16. The maximum atomic E-state index is 13.2. The summed E-state index contributed by atoms with van der Waals surface area (Å²) in [6.07, 6.45) is 0.682. The van der Waals surface area contributed by atoms with Gasteiger partial charge in [-0.25, -0.2) is 9.18 Å². The molecule has 0 radical (unpaired) electrons. The standard InChI is InChI=1S/C30H25ClFNO3S/c1-18(20-9-13-25(32)14-10-20)36-29(35)33-26-17-27(31)37-28(26)23-5-3-21(4-6-23)22-7-11-24(12-8-22)30(15-16-30)19(2)34/h3-14,17-18H,15-16H2,1-2H3,(H,33,35)/t18-/m1/s1. The van der Waals surface area contributed by atoms with Crippen LogP contribution < -0.4 is 5.32 Å². The van der Waals surface area contributed by atoms with Crippen LogP contribution in [0, 0.1) is 5.82 Å². The molecule has 188 valence electrons. The Bertz CT molecular complexity index is 1440. The SMILES string of the molecule is CC(=O)C1(c2ccc(-c3ccc(-c4sc(Cl)cc4NC(=O)O[C@H](C)c4ccc(F)cc4)cc3)cc2)CC1. The predicted molar refractivity (Wildman–Crippen MR) is 147 cm³/mol. The zero-order valence-electron chi connectivity index (χ0n) is 20.4. The molecule has 3 aromatic carbocycles. The van der Waals surface area contributed by atoms with Crippen molar-refractivity contribution in [2.75, 3.05) is 5.32 Å². The Labute approximate surface area is 224 Å². The van der Waals surface area contributed by atoms with E-state index in [-0.39, 0.29) is 17.0 Å². The third kappa shape index (κ3) is 5.31. The summed E-state index contributed by atoms with van der Waals surface area (Å²) >= 11 is 7.65. The average Bonchev–Trinajstić information content (AvgIpc) is 3.63. The molecule has 1 saturated carbocycles. The van der Waals surface area contributed by atoms with Crippen LogP contribution in [0.3, 0.4) is 0 Å². The maximum Gasteiger partial charge on any atom is 0.412 e. The van der Waals surface area contributed by atoms with Gasteiger partial charge in [-0.2, -0.15) is 0 Å². The van der Waals surface area contributed by atoms with Gasteiger partial charge in [0, 0.05) is 0 Å². The number of thiophene rings is 1. The lowest BCUT2D eigenvalue weighted by atomic mass is 9.90. The molecule has 7 heteroatoms. The van der Waals surface area contributed by atoms with Gasteiger partial charge in [0.05, 0.1) is 20.3 Å². The topological polar surface area (TPSA) is 55.4 Å². The zero-order chi connectivity index (χ0) is 26.2. The van der Waals surface area contributed by atoms with E-state index in [1.165, 1.54) is 23.5 Å². The molecule has 0 bridgehead atoms.